The van der Waals surface area contributed by atoms with E-state index in [2.05, 4.69) is 70.0 Å². The number of carboxylic acids is 1. The molecule has 24 heavy (non-hydrogen) atoms. The highest BCUT2D eigenvalue weighted by Gasteiger charge is 1.65. The van der Waals surface area contributed by atoms with Crippen molar-refractivity contribution in [2.45, 2.75) is 74.7 Å². The van der Waals surface area contributed by atoms with Crippen LogP contribution in [0.25, 0.3) is 0 Å². The molecule has 0 aliphatic carbocycles. The number of isocyanates is 1. The minimum Gasteiger partial charge on any atom is -0.481 e. The van der Waals surface area contributed by atoms with Gasteiger partial charge in [0.2, 0.25) is 6.08 Å². The Morgan fingerprint density at radius 2 is 1.38 bits per heavy atom. The van der Waals surface area contributed by atoms with Crippen LogP contribution >= 0.6 is 0 Å². The van der Waals surface area contributed by atoms with Gasteiger partial charge in [0.25, 0.3) is 5.97 Å². The van der Waals surface area contributed by atoms with Crippen LogP contribution in [0.3, 0.4) is 0 Å². The van der Waals surface area contributed by atoms with Crippen molar-refractivity contribution < 1.29 is 14.7 Å². The number of nitrogens with zero attached hydrogens (tertiary/aromatic N) is 1. The number of hydrogen-bond acceptors (Lipinski definition) is 3. The molecule has 0 aromatic carbocycles. The van der Waals surface area contributed by atoms with Crippen LogP contribution in [0.4, 0.5) is 0 Å². The van der Waals surface area contributed by atoms with Crippen LogP contribution < -0.4 is 0 Å². The average Bonchev–Trinajstić information content (AvgIpc) is 2.54. The van der Waals surface area contributed by atoms with Crippen molar-refractivity contribution in [1.82, 2.24) is 0 Å². The lowest BCUT2D eigenvalue weighted by Crippen LogP contribution is -1.78. The van der Waals surface area contributed by atoms with E-state index in [1.54, 1.807) is 0 Å². The molecule has 0 aromatic rings. The fraction of sp³-hybridized carbons (Fsp3) is 0.600. The topological polar surface area (TPSA) is 66.7 Å². The second-order valence-corrected chi connectivity index (χ2v) is 4.53. The molecule has 0 amide bonds. The van der Waals surface area contributed by atoms with Gasteiger partial charge in [0.1, 0.15) is 0 Å². The number of aliphatic imine (C=N–C) groups is 1. The Labute approximate surface area is 150 Å². The molecule has 0 radical (unpaired) electrons. The van der Waals surface area contributed by atoms with Crippen LogP contribution in [0.2, 0.25) is 0 Å². The van der Waals surface area contributed by atoms with E-state index in [0.29, 0.717) is 0 Å². The quantitative estimate of drug-likeness (QED) is 0.369. The largest absolute Gasteiger partial charge is 0.481 e. The summed E-state index contributed by atoms with van der Waals surface area (Å²) in [4.78, 5) is 20.8. The Kier molecular flexibility index (Phi) is 60.1. The zero-order valence-corrected chi connectivity index (χ0v) is 17.2. The molecule has 142 valence electrons. The number of allylic oxidation sites excluding steroid dienone is 6. The predicted molar refractivity (Wildman–Crippen MR) is 107 cm³/mol. The normalized spacial score (nSPS) is 7.88. The maximum Gasteiger partial charge on any atom is 0.300 e. The summed E-state index contributed by atoms with van der Waals surface area (Å²) in [5.74, 6) is -0.833. The lowest BCUT2D eigenvalue weighted by Gasteiger charge is -1.76. The number of unbranched alkanes of at least 4 members (excludes halogenated alkanes) is 1. The molecule has 0 unspecified atom stereocenters. The summed E-state index contributed by atoms with van der Waals surface area (Å²) in [5.41, 5.74) is 1.38. The van der Waals surface area contributed by atoms with Crippen molar-refractivity contribution >= 4 is 12.0 Å². The second-order valence-electron chi connectivity index (χ2n) is 4.53. The third-order valence-electron chi connectivity index (χ3n) is 1.83. The molecule has 0 aliphatic heterocycles. The maximum absolute atomic E-state index is 9.00. The van der Waals surface area contributed by atoms with Gasteiger partial charge in [0, 0.05) is 14.0 Å². The Morgan fingerprint density at radius 1 is 1.04 bits per heavy atom. The summed E-state index contributed by atoms with van der Waals surface area (Å²) in [6.07, 6.45) is 15.5. The fourth-order valence-electron chi connectivity index (χ4n) is 0.569. The fourth-order valence-corrected chi connectivity index (χ4v) is 0.569. The number of hydrogen-bond donors (Lipinski definition) is 1. The predicted octanol–water partition coefficient (Wildman–Crippen LogP) is 6.35. The number of aliphatic carboxylic acids is 1. The van der Waals surface area contributed by atoms with E-state index in [0.717, 1.165) is 13.3 Å². The summed E-state index contributed by atoms with van der Waals surface area (Å²) < 4.78 is 0. The van der Waals surface area contributed by atoms with Crippen molar-refractivity contribution in [3.63, 3.8) is 0 Å². The minimum atomic E-state index is -0.833. The zero-order chi connectivity index (χ0) is 20.2. The summed E-state index contributed by atoms with van der Waals surface area (Å²) in [6, 6.07) is 0. The smallest absolute Gasteiger partial charge is 0.300 e. The summed E-state index contributed by atoms with van der Waals surface area (Å²) in [5, 5.41) is 7.42. The van der Waals surface area contributed by atoms with E-state index in [-0.39, 0.29) is 0 Å². The molecule has 0 rings (SSSR count). The highest BCUT2D eigenvalue weighted by atomic mass is 16.4. The highest BCUT2D eigenvalue weighted by molar-refractivity contribution is 5.62. The van der Waals surface area contributed by atoms with Crippen molar-refractivity contribution in [2.24, 2.45) is 4.99 Å². The number of carbonyl (C=O) groups is 1. The summed E-state index contributed by atoms with van der Waals surface area (Å²) in [7, 11) is 1.38. The molecular weight excluding hydrogens is 302 g/mol. The van der Waals surface area contributed by atoms with E-state index >= 15 is 0 Å². The number of carbonyl (C=O) groups excluding carboxylic acids is 1. The van der Waals surface area contributed by atoms with Gasteiger partial charge < -0.3 is 5.11 Å². The molecule has 4 heteroatoms. The van der Waals surface area contributed by atoms with Gasteiger partial charge in [-0.2, -0.15) is 0 Å². The first-order valence-corrected chi connectivity index (χ1v) is 8.22. The Balaban J connectivity index is -0.0000000633. The van der Waals surface area contributed by atoms with Gasteiger partial charge in [-0.3, -0.25) is 4.79 Å². The van der Waals surface area contributed by atoms with E-state index in [1.807, 2.05) is 13.8 Å². The van der Waals surface area contributed by atoms with Crippen LogP contribution in [0.1, 0.15) is 74.7 Å². The van der Waals surface area contributed by atoms with Crippen molar-refractivity contribution in [1.29, 1.82) is 0 Å². The molecule has 0 aliphatic rings. The van der Waals surface area contributed by atoms with Crippen LogP contribution in [0.5, 0.6) is 0 Å². The SMILES string of the molecule is CC(=O)O.CC=C(C)C.CC=CCC.CC=CCCC.CN=C=O. The molecule has 4 nitrogen and oxygen atoms in total. The van der Waals surface area contributed by atoms with Gasteiger partial charge in [0.05, 0.1) is 0 Å². The molecule has 0 saturated carbocycles. The lowest BCUT2D eigenvalue weighted by atomic mass is 10.3. The van der Waals surface area contributed by atoms with Crippen LogP contribution in [0, 0.1) is 0 Å². The molecule has 0 bridgehead atoms. The molecule has 0 saturated heterocycles. The van der Waals surface area contributed by atoms with E-state index < -0.39 is 5.97 Å². The van der Waals surface area contributed by atoms with Gasteiger partial charge in [-0.05, 0) is 47.5 Å². The molecule has 1 N–H and O–H groups in total. The van der Waals surface area contributed by atoms with Crippen molar-refractivity contribution in [3.05, 3.63) is 36.0 Å². The van der Waals surface area contributed by atoms with Crippen LogP contribution in [0.15, 0.2) is 40.9 Å². The van der Waals surface area contributed by atoms with Gasteiger partial charge in [0.15, 0.2) is 0 Å². The Hall–Kier alpha value is -1.93. The first kappa shape index (κ1) is 33.6. The average molecular weight is 342 g/mol. The molecule has 0 heterocycles. The third-order valence-corrected chi connectivity index (χ3v) is 1.83. The van der Waals surface area contributed by atoms with Gasteiger partial charge in [-0.25, -0.2) is 9.79 Å². The highest BCUT2D eigenvalue weighted by Crippen LogP contribution is 1.85. The van der Waals surface area contributed by atoms with Crippen LogP contribution in [-0.2, 0) is 9.59 Å². The third kappa shape index (κ3) is 198. The van der Waals surface area contributed by atoms with E-state index in [1.165, 1.54) is 31.5 Å². The second kappa shape index (κ2) is 42.9. The summed E-state index contributed by atoms with van der Waals surface area (Å²) in [6.45, 7) is 15.7. The van der Waals surface area contributed by atoms with E-state index in [4.69, 9.17) is 14.7 Å². The molecule has 0 atom stereocenters. The first-order valence-electron chi connectivity index (χ1n) is 8.22. The number of rotatable bonds is 3. The molecule has 0 spiro atoms. The van der Waals surface area contributed by atoms with E-state index in [9.17, 15) is 0 Å². The van der Waals surface area contributed by atoms with Gasteiger partial charge in [-0.15, -0.1) is 0 Å². The monoisotopic (exact) mass is 341 g/mol. The molecule has 0 fully saturated rings. The first-order chi connectivity index (χ1) is 11.2. The summed E-state index contributed by atoms with van der Waals surface area (Å²) >= 11 is 0. The Morgan fingerprint density at radius 3 is 1.42 bits per heavy atom. The number of carboxylic acid groups (broad SMARTS) is 1. The lowest BCUT2D eigenvalue weighted by molar-refractivity contribution is -0.134. The van der Waals surface area contributed by atoms with Gasteiger partial charge in [-0.1, -0.05) is 56.2 Å². The van der Waals surface area contributed by atoms with Crippen LogP contribution in [-0.4, -0.2) is 24.2 Å². The minimum absolute atomic E-state index is 0.833. The Bertz CT molecular complexity index is 342. The van der Waals surface area contributed by atoms with Crippen molar-refractivity contribution in [2.75, 3.05) is 7.05 Å². The zero-order valence-electron chi connectivity index (χ0n) is 17.2. The standard InChI is InChI=1S/C6H12.2C5H10.C2H3NO.C2H4O2/c1-3-5-6-4-2;1-4-5(2)3;1-3-5-4-2;1-3-2-4;1-2(3)4/h3,5H,4,6H2,1-2H3;4H,1-3H3;3,5H,4H2,1-2H3;1H3;1H3,(H,3,4). The van der Waals surface area contributed by atoms with Gasteiger partial charge >= 0.3 is 0 Å². The molecular formula is C20H39NO3. The van der Waals surface area contributed by atoms with Crippen molar-refractivity contribution in [3.8, 4) is 0 Å². The molecule has 0 aromatic heterocycles. The maximum atomic E-state index is 9.00.